The van der Waals surface area contributed by atoms with Gasteiger partial charge in [-0.05, 0) is 30.9 Å². The molecule has 2 rings (SSSR count). The first-order valence-corrected chi connectivity index (χ1v) is 6.39. The van der Waals surface area contributed by atoms with Crippen molar-refractivity contribution in [3.05, 3.63) is 29.6 Å². The van der Waals surface area contributed by atoms with E-state index < -0.39 is 5.82 Å². The second kappa shape index (κ2) is 7.13. The fraction of sp³-hybridized carbons (Fsp3) is 0.467. The third-order valence-corrected chi connectivity index (χ3v) is 3.07. The van der Waals surface area contributed by atoms with Crippen LogP contribution in [0.15, 0.2) is 18.2 Å². The lowest BCUT2D eigenvalue weighted by Gasteiger charge is -2.22. The summed E-state index contributed by atoms with van der Waals surface area (Å²) in [4.78, 5) is 0. The number of benzene rings is 1. The van der Waals surface area contributed by atoms with Crippen molar-refractivity contribution in [2.24, 2.45) is 5.92 Å². The van der Waals surface area contributed by atoms with Gasteiger partial charge in [0.25, 0.3) is 0 Å². The lowest BCUT2D eigenvalue weighted by atomic mass is 10.0. The summed E-state index contributed by atoms with van der Waals surface area (Å²) in [6.07, 6.45) is 1.98. The molecule has 1 N–H and O–H groups in total. The molecule has 19 heavy (non-hydrogen) atoms. The minimum absolute atomic E-state index is 0.271. The molecule has 0 bridgehead atoms. The summed E-state index contributed by atoms with van der Waals surface area (Å²) >= 11 is 0. The molecule has 0 radical (unpaired) electrons. The van der Waals surface area contributed by atoms with E-state index in [0.717, 1.165) is 26.1 Å². The van der Waals surface area contributed by atoms with Crippen LogP contribution in [-0.2, 0) is 4.74 Å². The van der Waals surface area contributed by atoms with Gasteiger partial charge >= 0.3 is 0 Å². The molecule has 0 saturated carbocycles. The van der Waals surface area contributed by atoms with Crippen LogP contribution < -0.4 is 4.74 Å². The summed E-state index contributed by atoms with van der Waals surface area (Å²) in [6.45, 7) is 1.86. The van der Waals surface area contributed by atoms with E-state index in [1.54, 1.807) is 12.1 Å². The van der Waals surface area contributed by atoms with Crippen LogP contribution in [0.3, 0.4) is 0 Å². The van der Waals surface area contributed by atoms with Crippen LogP contribution >= 0.6 is 0 Å². The zero-order valence-electron chi connectivity index (χ0n) is 10.7. The molecule has 1 aliphatic heterocycles. The second-order valence-corrected chi connectivity index (χ2v) is 4.47. The maximum atomic E-state index is 13.7. The molecule has 1 aliphatic rings. The van der Waals surface area contributed by atoms with E-state index in [-0.39, 0.29) is 12.2 Å². The molecule has 0 spiro atoms. The minimum atomic E-state index is -0.426. The first-order valence-electron chi connectivity index (χ1n) is 6.39. The van der Waals surface area contributed by atoms with E-state index in [4.69, 9.17) is 14.6 Å². The van der Waals surface area contributed by atoms with Crippen LogP contribution in [0.2, 0.25) is 0 Å². The molecular formula is C15H17FO3. The van der Waals surface area contributed by atoms with Crippen molar-refractivity contribution < 1.29 is 19.0 Å². The van der Waals surface area contributed by atoms with Crippen LogP contribution in [0, 0.1) is 23.6 Å². The quantitative estimate of drug-likeness (QED) is 0.848. The highest BCUT2D eigenvalue weighted by Gasteiger charge is 2.14. The van der Waals surface area contributed by atoms with Gasteiger partial charge in [-0.3, -0.25) is 0 Å². The normalized spacial score (nSPS) is 15.7. The molecule has 1 fully saturated rings. The van der Waals surface area contributed by atoms with Gasteiger partial charge in [0.15, 0.2) is 0 Å². The number of aliphatic hydroxyl groups is 1. The lowest BCUT2D eigenvalue weighted by molar-refractivity contribution is 0.0497. The summed E-state index contributed by atoms with van der Waals surface area (Å²) in [5.74, 6) is 5.53. The highest BCUT2D eigenvalue weighted by Crippen LogP contribution is 2.20. The van der Waals surface area contributed by atoms with Crippen LogP contribution in [-0.4, -0.2) is 31.5 Å². The highest BCUT2D eigenvalue weighted by atomic mass is 19.1. The van der Waals surface area contributed by atoms with Gasteiger partial charge in [-0.25, -0.2) is 4.39 Å². The van der Waals surface area contributed by atoms with Crippen molar-refractivity contribution in [1.82, 2.24) is 0 Å². The summed E-state index contributed by atoms with van der Waals surface area (Å²) in [6, 6.07) is 4.60. The van der Waals surface area contributed by atoms with E-state index in [2.05, 4.69) is 11.8 Å². The topological polar surface area (TPSA) is 38.7 Å². The maximum Gasteiger partial charge on any atom is 0.142 e. The van der Waals surface area contributed by atoms with Gasteiger partial charge in [0, 0.05) is 19.3 Å². The third kappa shape index (κ3) is 4.23. The Morgan fingerprint density at radius 3 is 2.84 bits per heavy atom. The molecule has 0 aliphatic carbocycles. The first-order chi connectivity index (χ1) is 9.29. The Bertz CT molecular complexity index is 470. The second-order valence-electron chi connectivity index (χ2n) is 4.47. The summed E-state index contributed by atoms with van der Waals surface area (Å²) in [7, 11) is 0. The maximum absolute atomic E-state index is 13.7. The number of aliphatic hydroxyl groups excluding tert-OH is 1. The Kier molecular flexibility index (Phi) is 5.20. The van der Waals surface area contributed by atoms with Crippen molar-refractivity contribution in [1.29, 1.82) is 0 Å². The van der Waals surface area contributed by atoms with Gasteiger partial charge < -0.3 is 14.6 Å². The number of hydrogen-bond donors (Lipinski definition) is 1. The van der Waals surface area contributed by atoms with E-state index in [9.17, 15) is 4.39 Å². The Morgan fingerprint density at radius 1 is 1.37 bits per heavy atom. The molecule has 3 nitrogen and oxygen atoms in total. The molecule has 1 saturated heterocycles. The number of rotatable bonds is 3. The molecule has 0 aromatic heterocycles. The fourth-order valence-corrected chi connectivity index (χ4v) is 1.95. The average molecular weight is 264 g/mol. The first kappa shape index (κ1) is 13.9. The molecule has 1 aromatic rings. The molecule has 0 amide bonds. The number of hydrogen-bond acceptors (Lipinski definition) is 3. The van der Waals surface area contributed by atoms with E-state index in [1.165, 1.54) is 6.07 Å². The highest BCUT2D eigenvalue weighted by molar-refractivity contribution is 5.39. The van der Waals surface area contributed by atoms with Crippen LogP contribution in [0.4, 0.5) is 4.39 Å². The van der Waals surface area contributed by atoms with Gasteiger partial charge in [0.1, 0.15) is 18.2 Å². The van der Waals surface area contributed by atoms with Crippen molar-refractivity contribution in [2.45, 2.75) is 12.8 Å². The van der Waals surface area contributed by atoms with Gasteiger partial charge in [-0.1, -0.05) is 11.8 Å². The van der Waals surface area contributed by atoms with E-state index in [0.29, 0.717) is 18.3 Å². The van der Waals surface area contributed by atoms with Gasteiger partial charge in [-0.15, -0.1) is 0 Å². The minimum Gasteiger partial charge on any atom is -0.493 e. The lowest BCUT2D eigenvalue weighted by Crippen LogP contribution is -2.21. The Balaban J connectivity index is 1.92. The SMILES string of the molecule is OCC#Cc1ccc(OCC2CCOCC2)cc1F. The van der Waals surface area contributed by atoms with E-state index in [1.807, 2.05) is 0 Å². The van der Waals surface area contributed by atoms with Crippen molar-refractivity contribution in [3.8, 4) is 17.6 Å². The van der Waals surface area contributed by atoms with Crippen LogP contribution in [0.5, 0.6) is 5.75 Å². The molecule has 1 heterocycles. The van der Waals surface area contributed by atoms with Crippen molar-refractivity contribution in [2.75, 3.05) is 26.4 Å². The number of ether oxygens (including phenoxy) is 2. The molecule has 102 valence electrons. The summed E-state index contributed by atoms with van der Waals surface area (Å²) in [5, 5.41) is 8.57. The smallest absolute Gasteiger partial charge is 0.142 e. The zero-order chi connectivity index (χ0) is 13.5. The number of halogens is 1. The van der Waals surface area contributed by atoms with Gasteiger partial charge in [-0.2, -0.15) is 0 Å². The molecule has 4 heteroatoms. The zero-order valence-corrected chi connectivity index (χ0v) is 10.7. The monoisotopic (exact) mass is 264 g/mol. The molecule has 1 aromatic carbocycles. The standard InChI is InChI=1S/C15H17FO3/c16-15-10-14(4-3-13(15)2-1-7-17)19-11-12-5-8-18-9-6-12/h3-4,10,12,17H,5-9,11H2. The average Bonchev–Trinajstić information content (AvgIpc) is 2.45. The molecule has 0 atom stereocenters. The molecular weight excluding hydrogens is 247 g/mol. The Labute approximate surface area is 112 Å². The summed E-state index contributed by atoms with van der Waals surface area (Å²) in [5.41, 5.74) is 0.271. The van der Waals surface area contributed by atoms with Crippen molar-refractivity contribution in [3.63, 3.8) is 0 Å². The Hall–Kier alpha value is -1.57. The largest absolute Gasteiger partial charge is 0.493 e. The fourth-order valence-electron chi connectivity index (χ4n) is 1.95. The predicted molar refractivity (Wildman–Crippen MR) is 69.4 cm³/mol. The summed E-state index contributed by atoms with van der Waals surface area (Å²) < 4.78 is 24.5. The van der Waals surface area contributed by atoms with Gasteiger partial charge in [0.05, 0.1) is 12.2 Å². The van der Waals surface area contributed by atoms with Crippen molar-refractivity contribution >= 4 is 0 Å². The van der Waals surface area contributed by atoms with Crippen LogP contribution in [0.25, 0.3) is 0 Å². The third-order valence-electron chi connectivity index (χ3n) is 3.07. The molecule has 0 unspecified atom stereocenters. The van der Waals surface area contributed by atoms with Gasteiger partial charge in [0.2, 0.25) is 0 Å². The Morgan fingerprint density at radius 2 is 2.16 bits per heavy atom. The van der Waals surface area contributed by atoms with Crippen LogP contribution in [0.1, 0.15) is 18.4 Å². The van der Waals surface area contributed by atoms with E-state index >= 15 is 0 Å². The predicted octanol–water partition coefficient (Wildman–Crippen LogP) is 1.97.